The van der Waals surface area contributed by atoms with Crippen LogP contribution in [-0.4, -0.2) is 10.9 Å². The number of fused-ring (bicyclic) bond motifs is 1. The fraction of sp³-hybridized carbons (Fsp3) is 0.500. The van der Waals surface area contributed by atoms with Gasteiger partial charge >= 0.3 is 0 Å². The second kappa shape index (κ2) is 3.24. The number of rotatable bonds is 1. The van der Waals surface area contributed by atoms with Gasteiger partial charge in [0.2, 0.25) is 5.91 Å². The van der Waals surface area contributed by atoms with E-state index in [0.717, 1.165) is 18.5 Å². The van der Waals surface area contributed by atoms with Crippen LogP contribution in [-0.2, 0) is 17.6 Å². The third-order valence-electron chi connectivity index (χ3n) is 2.49. The molecule has 0 saturated heterocycles. The number of aromatic amines is 1. The van der Waals surface area contributed by atoms with E-state index < -0.39 is 0 Å². The Hall–Kier alpha value is -1.25. The molecule has 0 spiro atoms. The largest absolute Gasteiger partial charge is 0.363 e. The zero-order chi connectivity index (χ0) is 9.26. The molecular formula is C10H14N2O. The molecule has 0 aliphatic heterocycles. The maximum absolute atomic E-state index is 10.9. The maximum atomic E-state index is 10.9. The average Bonchev–Trinajstić information content (AvgIpc) is 2.48. The number of carbonyl (C=O) groups excluding carboxylic acids is 1. The molecule has 3 nitrogen and oxygen atoms in total. The molecule has 1 aromatic heterocycles. The van der Waals surface area contributed by atoms with E-state index in [1.807, 2.05) is 6.20 Å². The average molecular weight is 178 g/mol. The molecule has 1 aliphatic carbocycles. The van der Waals surface area contributed by atoms with Crippen molar-refractivity contribution in [1.29, 1.82) is 0 Å². The van der Waals surface area contributed by atoms with Crippen LogP contribution in [0.4, 0.5) is 5.69 Å². The van der Waals surface area contributed by atoms with E-state index in [2.05, 4.69) is 10.3 Å². The zero-order valence-corrected chi connectivity index (χ0v) is 7.81. The van der Waals surface area contributed by atoms with Crippen molar-refractivity contribution >= 4 is 11.6 Å². The normalized spacial score (nSPS) is 15.2. The first-order chi connectivity index (χ1) is 6.27. The van der Waals surface area contributed by atoms with Crippen molar-refractivity contribution < 1.29 is 4.79 Å². The maximum Gasteiger partial charge on any atom is 0.221 e. The minimum absolute atomic E-state index is 0.00683. The lowest BCUT2D eigenvalue weighted by molar-refractivity contribution is -0.114. The molecule has 13 heavy (non-hydrogen) atoms. The summed E-state index contributed by atoms with van der Waals surface area (Å²) in [7, 11) is 0. The van der Waals surface area contributed by atoms with Crippen molar-refractivity contribution in [2.75, 3.05) is 5.32 Å². The summed E-state index contributed by atoms with van der Waals surface area (Å²) in [5.41, 5.74) is 3.58. The molecule has 0 aromatic carbocycles. The van der Waals surface area contributed by atoms with Gasteiger partial charge in [0, 0.05) is 18.8 Å². The second-order valence-electron chi connectivity index (χ2n) is 3.55. The van der Waals surface area contributed by atoms with Crippen LogP contribution in [0.1, 0.15) is 31.0 Å². The van der Waals surface area contributed by atoms with Gasteiger partial charge in [-0.15, -0.1) is 0 Å². The number of nitrogens with one attached hydrogen (secondary N) is 2. The summed E-state index contributed by atoms with van der Waals surface area (Å²) in [6.45, 7) is 1.54. The van der Waals surface area contributed by atoms with Crippen LogP contribution in [0, 0.1) is 0 Å². The molecule has 0 bridgehead atoms. The first-order valence-corrected chi connectivity index (χ1v) is 4.74. The van der Waals surface area contributed by atoms with Crippen molar-refractivity contribution in [1.82, 2.24) is 4.98 Å². The first-order valence-electron chi connectivity index (χ1n) is 4.74. The quantitative estimate of drug-likeness (QED) is 0.677. The number of hydrogen-bond donors (Lipinski definition) is 2. The SMILES string of the molecule is CC(=O)Nc1c[nH]c2c1CCCC2. The summed E-state index contributed by atoms with van der Waals surface area (Å²) in [5.74, 6) is 0.00683. The second-order valence-corrected chi connectivity index (χ2v) is 3.55. The number of aromatic nitrogens is 1. The fourth-order valence-electron chi connectivity index (χ4n) is 1.91. The predicted octanol–water partition coefficient (Wildman–Crippen LogP) is 1.85. The van der Waals surface area contributed by atoms with Crippen molar-refractivity contribution in [3.8, 4) is 0 Å². The Bertz CT molecular complexity index is 328. The van der Waals surface area contributed by atoms with Crippen LogP contribution < -0.4 is 5.32 Å². The summed E-state index contributed by atoms with van der Waals surface area (Å²) in [6, 6.07) is 0. The van der Waals surface area contributed by atoms with Crippen molar-refractivity contribution in [3.63, 3.8) is 0 Å². The fourth-order valence-corrected chi connectivity index (χ4v) is 1.91. The van der Waals surface area contributed by atoms with E-state index in [4.69, 9.17) is 0 Å². The summed E-state index contributed by atoms with van der Waals surface area (Å²) < 4.78 is 0. The molecule has 0 fully saturated rings. The number of amides is 1. The third kappa shape index (κ3) is 1.59. The van der Waals surface area contributed by atoms with Crippen LogP contribution >= 0.6 is 0 Å². The van der Waals surface area contributed by atoms with Crippen LogP contribution in [0.15, 0.2) is 6.20 Å². The van der Waals surface area contributed by atoms with E-state index in [1.165, 1.54) is 24.1 Å². The first kappa shape index (κ1) is 8.35. The molecular weight excluding hydrogens is 164 g/mol. The number of aryl methyl sites for hydroxylation is 1. The molecule has 0 unspecified atom stereocenters. The van der Waals surface area contributed by atoms with Gasteiger partial charge in [-0.05, 0) is 31.2 Å². The number of carbonyl (C=O) groups is 1. The highest BCUT2D eigenvalue weighted by atomic mass is 16.1. The molecule has 0 atom stereocenters. The Morgan fingerprint density at radius 1 is 1.46 bits per heavy atom. The van der Waals surface area contributed by atoms with Crippen molar-refractivity contribution in [3.05, 3.63) is 17.5 Å². The molecule has 0 radical (unpaired) electrons. The van der Waals surface area contributed by atoms with E-state index in [9.17, 15) is 4.79 Å². The molecule has 1 amide bonds. The van der Waals surface area contributed by atoms with Gasteiger partial charge in [0.1, 0.15) is 0 Å². The highest BCUT2D eigenvalue weighted by Gasteiger charge is 2.15. The van der Waals surface area contributed by atoms with E-state index >= 15 is 0 Å². The molecule has 0 saturated carbocycles. The summed E-state index contributed by atoms with van der Waals surface area (Å²) >= 11 is 0. The van der Waals surface area contributed by atoms with E-state index in [1.54, 1.807) is 6.92 Å². The lowest BCUT2D eigenvalue weighted by Crippen LogP contribution is -2.08. The van der Waals surface area contributed by atoms with Crippen molar-refractivity contribution in [2.24, 2.45) is 0 Å². The Labute approximate surface area is 77.5 Å². The van der Waals surface area contributed by atoms with Crippen LogP contribution in [0.5, 0.6) is 0 Å². The highest BCUT2D eigenvalue weighted by Crippen LogP contribution is 2.27. The number of anilines is 1. The van der Waals surface area contributed by atoms with Gasteiger partial charge in [-0.2, -0.15) is 0 Å². The Kier molecular flexibility index (Phi) is 2.08. The van der Waals surface area contributed by atoms with Gasteiger partial charge in [0.15, 0.2) is 0 Å². The highest BCUT2D eigenvalue weighted by molar-refractivity contribution is 5.89. The molecule has 3 heteroatoms. The van der Waals surface area contributed by atoms with Gasteiger partial charge < -0.3 is 10.3 Å². The smallest absolute Gasteiger partial charge is 0.221 e. The monoisotopic (exact) mass is 178 g/mol. The number of hydrogen-bond acceptors (Lipinski definition) is 1. The van der Waals surface area contributed by atoms with Gasteiger partial charge in [-0.3, -0.25) is 4.79 Å². The van der Waals surface area contributed by atoms with Crippen LogP contribution in [0.3, 0.4) is 0 Å². The van der Waals surface area contributed by atoms with Crippen LogP contribution in [0.2, 0.25) is 0 Å². The van der Waals surface area contributed by atoms with Crippen molar-refractivity contribution in [2.45, 2.75) is 32.6 Å². The summed E-state index contributed by atoms with van der Waals surface area (Å²) in [6.07, 6.45) is 6.60. The lowest BCUT2D eigenvalue weighted by Gasteiger charge is -2.12. The lowest BCUT2D eigenvalue weighted by atomic mass is 9.97. The molecule has 1 heterocycles. The van der Waals surface area contributed by atoms with Gasteiger partial charge in [0.05, 0.1) is 5.69 Å². The minimum atomic E-state index is 0.00683. The van der Waals surface area contributed by atoms with Gasteiger partial charge in [0.25, 0.3) is 0 Å². The standard InChI is InChI=1S/C10H14N2O/c1-7(13)12-10-6-11-9-5-3-2-4-8(9)10/h6,11H,2-5H2,1H3,(H,12,13). The molecule has 1 aliphatic rings. The Balaban J connectivity index is 2.26. The van der Waals surface area contributed by atoms with Gasteiger partial charge in [-0.1, -0.05) is 0 Å². The molecule has 70 valence electrons. The minimum Gasteiger partial charge on any atom is -0.363 e. The topological polar surface area (TPSA) is 44.9 Å². The van der Waals surface area contributed by atoms with E-state index in [0.29, 0.717) is 0 Å². The summed E-state index contributed by atoms with van der Waals surface area (Å²) in [4.78, 5) is 14.1. The third-order valence-corrected chi connectivity index (χ3v) is 2.49. The molecule has 2 N–H and O–H groups in total. The molecule has 2 rings (SSSR count). The Morgan fingerprint density at radius 3 is 3.00 bits per heavy atom. The van der Waals surface area contributed by atoms with Crippen LogP contribution in [0.25, 0.3) is 0 Å². The van der Waals surface area contributed by atoms with E-state index in [-0.39, 0.29) is 5.91 Å². The Morgan fingerprint density at radius 2 is 2.23 bits per heavy atom. The van der Waals surface area contributed by atoms with Gasteiger partial charge in [-0.25, -0.2) is 0 Å². The predicted molar refractivity (Wildman–Crippen MR) is 51.7 cm³/mol. The number of H-pyrrole nitrogens is 1. The zero-order valence-electron chi connectivity index (χ0n) is 7.81. The molecule has 1 aromatic rings. The summed E-state index contributed by atoms with van der Waals surface area (Å²) in [5, 5.41) is 2.84.